The number of hydrogen-bond acceptors (Lipinski definition) is 2. The van der Waals surface area contributed by atoms with Gasteiger partial charge >= 0.3 is 0 Å². The van der Waals surface area contributed by atoms with Crippen LogP contribution in [0.3, 0.4) is 0 Å². The molecule has 0 aliphatic carbocycles. The number of aromatic nitrogens is 2. The molecule has 0 N–H and O–H groups in total. The molecule has 0 saturated carbocycles. The first-order valence-electron chi connectivity index (χ1n) is 3.39. The molecule has 1 aromatic heterocycles. The van der Waals surface area contributed by atoms with Gasteiger partial charge in [0.25, 0.3) is 0 Å². The summed E-state index contributed by atoms with van der Waals surface area (Å²) in [6.07, 6.45) is 1.25. The summed E-state index contributed by atoms with van der Waals surface area (Å²) in [6.45, 7) is 3.53. The molecule has 0 unspecified atom stereocenters. The van der Waals surface area contributed by atoms with E-state index in [1.54, 1.807) is 6.92 Å². The minimum Gasteiger partial charge on any atom is -0.294 e. The van der Waals surface area contributed by atoms with Crippen molar-refractivity contribution in [1.82, 2.24) is 9.78 Å². The summed E-state index contributed by atoms with van der Waals surface area (Å²) in [5, 5.41) is 3.68. The predicted octanol–water partition coefficient (Wildman–Crippen LogP) is 1.24. The van der Waals surface area contributed by atoms with Crippen LogP contribution < -0.4 is 0 Å². The molecular weight excluding hydrogens is 147 g/mol. The van der Waals surface area contributed by atoms with E-state index in [4.69, 9.17) is 0 Å². The van der Waals surface area contributed by atoms with Gasteiger partial charge in [0.2, 0.25) is 5.95 Å². The van der Waals surface area contributed by atoms with Gasteiger partial charge in [-0.15, -0.1) is 0 Å². The zero-order valence-corrected chi connectivity index (χ0v) is 6.47. The fourth-order valence-corrected chi connectivity index (χ4v) is 0.827. The van der Waals surface area contributed by atoms with E-state index in [2.05, 4.69) is 5.10 Å². The number of hydrogen-bond donors (Lipinski definition) is 0. The molecule has 3 nitrogen and oxygen atoms in total. The van der Waals surface area contributed by atoms with Gasteiger partial charge in [0, 0.05) is 6.54 Å². The molecule has 1 heterocycles. The quantitative estimate of drug-likeness (QED) is 0.604. The Balaban J connectivity index is 3.10. The van der Waals surface area contributed by atoms with Crippen LogP contribution in [0.4, 0.5) is 4.39 Å². The van der Waals surface area contributed by atoms with Gasteiger partial charge in [0.15, 0.2) is 5.78 Å². The maximum absolute atomic E-state index is 13.0. The molecular formula is C7H9FN2O. The fourth-order valence-electron chi connectivity index (χ4n) is 0.827. The van der Waals surface area contributed by atoms with E-state index in [0.717, 1.165) is 4.68 Å². The Hall–Kier alpha value is -1.19. The second-order valence-corrected chi connectivity index (χ2v) is 2.22. The van der Waals surface area contributed by atoms with Crippen LogP contribution >= 0.6 is 0 Å². The molecule has 0 radical (unpaired) electrons. The molecule has 0 aliphatic heterocycles. The van der Waals surface area contributed by atoms with Gasteiger partial charge < -0.3 is 0 Å². The molecule has 0 fully saturated rings. The second kappa shape index (κ2) is 2.82. The summed E-state index contributed by atoms with van der Waals surface area (Å²) in [5.74, 6) is -0.831. The van der Waals surface area contributed by atoms with Gasteiger partial charge in [-0.3, -0.25) is 4.79 Å². The summed E-state index contributed by atoms with van der Waals surface area (Å²) in [5.41, 5.74) is 0.0619. The van der Waals surface area contributed by atoms with E-state index >= 15 is 0 Å². The third-order valence-corrected chi connectivity index (χ3v) is 1.45. The van der Waals surface area contributed by atoms with Crippen molar-refractivity contribution in [3.63, 3.8) is 0 Å². The lowest BCUT2D eigenvalue weighted by atomic mass is 10.2. The lowest BCUT2D eigenvalue weighted by Gasteiger charge is -1.94. The van der Waals surface area contributed by atoms with Crippen molar-refractivity contribution in [2.24, 2.45) is 0 Å². The number of rotatable bonds is 2. The second-order valence-electron chi connectivity index (χ2n) is 2.22. The number of halogens is 1. The molecule has 0 saturated heterocycles. The average molecular weight is 156 g/mol. The maximum Gasteiger partial charge on any atom is 0.222 e. The van der Waals surface area contributed by atoms with Gasteiger partial charge in [-0.2, -0.15) is 9.49 Å². The molecule has 1 aromatic rings. The maximum atomic E-state index is 13.0. The normalized spacial score (nSPS) is 10.1. The van der Waals surface area contributed by atoms with Gasteiger partial charge in [-0.1, -0.05) is 0 Å². The lowest BCUT2D eigenvalue weighted by Crippen LogP contribution is -2.02. The van der Waals surface area contributed by atoms with E-state index in [0.29, 0.717) is 6.54 Å². The lowest BCUT2D eigenvalue weighted by molar-refractivity contribution is 0.101. The first-order chi connectivity index (χ1) is 5.16. The van der Waals surface area contributed by atoms with E-state index in [1.807, 2.05) is 0 Å². The third kappa shape index (κ3) is 1.29. The van der Waals surface area contributed by atoms with Crippen molar-refractivity contribution in [3.8, 4) is 0 Å². The highest BCUT2D eigenvalue weighted by molar-refractivity contribution is 5.93. The van der Waals surface area contributed by atoms with Crippen LogP contribution in [0.1, 0.15) is 24.2 Å². The molecule has 0 atom stereocenters. The summed E-state index contributed by atoms with van der Waals surface area (Å²) < 4.78 is 14.1. The Labute approximate surface area is 63.8 Å². The van der Waals surface area contributed by atoms with Crippen LogP contribution in [0.25, 0.3) is 0 Å². The van der Waals surface area contributed by atoms with Crippen LogP contribution in [-0.4, -0.2) is 15.6 Å². The van der Waals surface area contributed by atoms with E-state index in [9.17, 15) is 9.18 Å². The van der Waals surface area contributed by atoms with E-state index in [1.165, 1.54) is 13.1 Å². The van der Waals surface area contributed by atoms with Crippen molar-refractivity contribution >= 4 is 5.78 Å². The van der Waals surface area contributed by atoms with Gasteiger partial charge in [0.05, 0.1) is 11.8 Å². The highest BCUT2D eigenvalue weighted by Crippen LogP contribution is 2.06. The Morgan fingerprint density at radius 1 is 1.82 bits per heavy atom. The number of carbonyl (C=O) groups excluding carboxylic acids is 1. The summed E-state index contributed by atoms with van der Waals surface area (Å²) in [6, 6.07) is 0. The number of carbonyl (C=O) groups is 1. The van der Waals surface area contributed by atoms with Crippen LogP contribution in [0.5, 0.6) is 0 Å². The van der Waals surface area contributed by atoms with Gasteiger partial charge in [0.1, 0.15) is 0 Å². The third-order valence-electron chi connectivity index (χ3n) is 1.45. The van der Waals surface area contributed by atoms with Crippen molar-refractivity contribution in [1.29, 1.82) is 0 Å². The molecule has 11 heavy (non-hydrogen) atoms. The van der Waals surface area contributed by atoms with Crippen molar-refractivity contribution in [3.05, 3.63) is 17.7 Å². The van der Waals surface area contributed by atoms with E-state index < -0.39 is 5.95 Å². The standard InChI is InChI=1S/C7H9FN2O/c1-3-10-7(8)6(4-9-10)5(2)11/h4H,3H2,1-2H3. The molecule has 60 valence electrons. The van der Waals surface area contributed by atoms with E-state index in [-0.39, 0.29) is 11.3 Å². The zero-order valence-electron chi connectivity index (χ0n) is 6.47. The Morgan fingerprint density at radius 3 is 2.73 bits per heavy atom. The largest absolute Gasteiger partial charge is 0.294 e. The SMILES string of the molecule is CCn1ncc(C(C)=O)c1F. The first-order valence-corrected chi connectivity index (χ1v) is 3.39. The Bertz CT molecular complexity index is 280. The highest BCUT2D eigenvalue weighted by atomic mass is 19.1. The van der Waals surface area contributed by atoms with Crippen molar-refractivity contribution in [2.45, 2.75) is 20.4 Å². The number of nitrogens with zero attached hydrogens (tertiary/aromatic N) is 2. The summed E-state index contributed by atoms with van der Waals surface area (Å²) >= 11 is 0. The smallest absolute Gasteiger partial charge is 0.222 e. The minimum absolute atomic E-state index is 0.0619. The zero-order chi connectivity index (χ0) is 8.43. The number of aryl methyl sites for hydroxylation is 1. The predicted molar refractivity (Wildman–Crippen MR) is 37.9 cm³/mol. The minimum atomic E-state index is -0.542. The van der Waals surface area contributed by atoms with Crippen LogP contribution in [0.15, 0.2) is 6.20 Å². The molecule has 0 amide bonds. The molecule has 0 aliphatic rings. The Morgan fingerprint density at radius 2 is 2.45 bits per heavy atom. The summed E-state index contributed by atoms with van der Waals surface area (Å²) in [7, 11) is 0. The molecule has 0 aromatic carbocycles. The summed E-state index contributed by atoms with van der Waals surface area (Å²) in [4.78, 5) is 10.7. The highest BCUT2D eigenvalue weighted by Gasteiger charge is 2.11. The van der Waals surface area contributed by atoms with Crippen molar-refractivity contribution in [2.75, 3.05) is 0 Å². The molecule has 0 bridgehead atoms. The van der Waals surface area contributed by atoms with Crippen LogP contribution in [0.2, 0.25) is 0 Å². The van der Waals surface area contributed by atoms with Crippen LogP contribution in [0, 0.1) is 5.95 Å². The van der Waals surface area contributed by atoms with Crippen molar-refractivity contribution < 1.29 is 9.18 Å². The first kappa shape index (κ1) is 7.91. The topological polar surface area (TPSA) is 34.9 Å². The molecule has 1 rings (SSSR count). The average Bonchev–Trinajstić information content (AvgIpc) is 2.30. The van der Waals surface area contributed by atoms with Gasteiger partial charge in [-0.25, -0.2) is 4.68 Å². The monoisotopic (exact) mass is 156 g/mol. The fraction of sp³-hybridized carbons (Fsp3) is 0.429. The Kier molecular flexibility index (Phi) is 2.03. The molecule has 0 spiro atoms. The van der Waals surface area contributed by atoms with Crippen LogP contribution in [-0.2, 0) is 6.54 Å². The molecule has 4 heteroatoms. The number of ketones is 1. The number of Topliss-reactive ketones (excluding diaryl/α,β-unsaturated/α-hetero) is 1. The van der Waals surface area contributed by atoms with Gasteiger partial charge in [-0.05, 0) is 13.8 Å².